The summed E-state index contributed by atoms with van der Waals surface area (Å²) in [5.74, 6) is 1.82. The van der Waals surface area contributed by atoms with Crippen LogP contribution in [0.2, 0.25) is 0 Å². The van der Waals surface area contributed by atoms with E-state index in [0.717, 1.165) is 19.3 Å². The number of hydrogen-bond donors (Lipinski definition) is 2. The lowest BCUT2D eigenvalue weighted by atomic mass is 9.88. The minimum absolute atomic E-state index is 0.00832. The van der Waals surface area contributed by atoms with Crippen molar-refractivity contribution in [3.05, 3.63) is 0 Å². The van der Waals surface area contributed by atoms with Crippen LogP contribution in [-0.4, -0.2) is 41.5 Å². The van der Waals surface area contributed by atoms with Gasteiger partial charge in [0.25, 0.3) is 0 Å². The van der Waals surface area contributed by atoms with Gasteiger partial charge in [-0.2, -0.15) is 0 Å². The van der Waals surface area contributed by atoms with Gasteiger partial charge in [0.2, 0.25) is 5.91 Å². The van der Waals surface area contributed by atoms with Gasteiger partial charge in [0.1, 0.15) is 0 Å². The second-order valence-corrected chi connectivity index (χ2v) is 9.59. The molecule has 2 N–H and O–H groups in total. The molecule has 1 heterocycles. The molecule has 27 heavy (non-hydrogen) atoms. The molecule has 5 heteroatoms. The molecule has 4 fully saturated rings. The van der Waals surface area contributed by atoms with Crippen molar-refractivity contribution < 1.29 is 9.59 Å². The number of fused-ring (bicyclic) bond motifs is 1. The Morgan fingerprint density at radius 3 is 2.41 bits per heavy atom. The maximum absolute atomic E-state index is 12.8. The average Bonchev–Trinajstić information content (AvgIpc) is 3.14. The molecule has 1 aliphatic heterocycles. The number of carbonyl (C=O) groups excluding carboxylic acids is 2. The van der Waals surface area contributed by atoms with Gasteiger partial charge in [0.05, 0.1) is 0 Å². The number of nitrogens with zero attached hydrogens (tertiary/aromatic N) is 1. The molecule has 3 amide bonds. The Kier molecular flexibility index (Phi) is 5.93. The first-order valence-corrected chi connectivity index (χ1v) is 11.5. The first kappa shape index (κ1) is 19.1. The molecule has 1 saturated heterocycles. The molecular weight excluding hydrogens is 338 g/mol. The Morgan fingerprint density at radius 2 is 1.70 bits per heavy atom. The molecule has 4 rings (SSSR count). The van der Waals surface area contributed by atoms with Gasteiger partial charge in [-0.15, -0.1) is 0 Å². The summed E-state index contributed by atoms with van der Waals surface area (Å²) in [5.41, 5.74) is 0. The molecule has 5 nitrogen and oxygen atoms in total. The quantitative estimate of drug-likeness (QED) is 0.784. The highest BCUT2D eigenvalue weighted by Gasteiger charge is 2.52. The summed E-state index contributed by atoms with van der Waals surface area (Å²) in [4.78, 5) is 27.4. The monoisotopic (exact) mass is 375 g/mol. The van der Waals surface area contributed by atoms with E-state index < -0.39 is 0 Å². The van der Waals surface area contributed by atoms with E-state index in [2.05, 4.69) is 22.5 Å². The lowest BCUT2D eigenvalue weighted by Gasteiger charge is -2.35. The van der Waals surface area contributed by atoms with Gasteiger partial charge in [0.15, 0.2) is 0 Å². The highest BCUT2D eigenvalue weighted by atomic mass is 16.2. The van der Waals surface area contributed by atoms with Crippen molar-refractivity contribution >= 4 is 11.9 Å². The van der Waals surface area contributed by atoms with E-state index in [1.807, 2.05) is 0 Å². The second-order valence-electron chi connectivity index (χ2n) is 9.59. The van der Waals surface area contributed by atoms with Crippen molar-refractivity contribution in [2.75, 3.05) is 6.54 Å². The molecule has 0 aromatic carbocycles. The van der Waals surface area contributed by atoms with Crippen LogP contribution < -0.4 is 10.6 Å². The average molecular weight is 376 g/mol. The maximum atomic E-state index is 12.8. The number of amides is 3. The van der Waals surface area contributed by atoms with E-state index in [-0.39, 0.29) is 6.03 Å². The number of hydrogen-bond acceptors (Lipinski definition) is 2. The van der Waals surface area contributed by atoms with E-state index in [1.165, 1.54) is 51.4 Å². The van der Waals surface area contributed by atoms with Crippen LogP contribution in [0.5, 0.6) is 0 Å². The SMILES string of the molecule is C[C@H]1C[C@@H]2[C@@H](CC(=O)N2C2CCCCC2)[C@@H]1CNC(=O)NC1CCCCC1. The maximum Gasteiger partial charge on any atom is 0.315 e. The zero-order valence-electron chi connectivity index (χ0n) is 16.9. The molecular formula is C22H37N3O2. The summed E-state index contributed by atoms with van der Waals surface area (Å²) in [7, 11) is 0. The molecule has 152 valence electrons. The number of nitrogens with one attached hydrogen (secondary N) is 2. The molecule has 0 spiro atoms. The summed E-state index contributed by atoms with van der Waals surface area (Å²) in [6.07, 6.45) is 14.0. The fourth-order valence-electron chi connectivity index (χ4n) is 6.42. The van der Waals surface area contributed by atoms with Crippen LogP contribution in [0.1, 0.15) is 84.0 Å². The van der Waals surface area contributed by atoms with Crippen molar-refractivity contribution in [2.24, 2.45) is 17.8 Å². The fraction of sp³-hybridized carbons (Fsp3) is 0.909. The first-order chi connectivity index (χ1) is 13.1. The molecule has 0 aromatic rings. The molecule has 0 aromatic heterocycles. The van der Waals surface area contributed by atoms with Crippen molar-refractivity contribution in [1.29, 1.82) is 0 Å². The first-order valence-electron chi connectivity index (χ1n) is 11.5. The Balaban J connectivity index is 1.31. The van der Waals surface area contributed by atoms with E-state index in [0.29, 0.717) is 54.8 Å². The Bertz CT molecular complexity index is 540. The standard InChI is InChI=1S/C22H37N3O2/c1-15-12-20-18(13-21(26)25(20)17-10-6-3-7-11-17)19(15)14-23-22(27)24-16-8-4-2-5-9-16/h15-20H,2-14H2,1H3,(H2,23,24,27)/t15-,18-,19+,20+/m0/s1. The van der Waals surface area contributed by atoms with Crippen LogP contribution in [0.4, 0.5) is 4.79 Å². The molecule has 4 aliphatic rings. The van der Waals surface area contributed by atoms with E-state index in [9.17, 15) is 9.59 Å². The second kappa shape index (κ2) is 8.40. The fourth-order valence-corrected chi connectivity index (χ4v) is 6.42. The van der Waals surface area contributed by atoms with Gasteiger partial charge in [-0.3, -0.25) is 4.79 Å². The molecule has 0 radical (unpaired) electrons. The number of rotatable bonds is 4. The Labute approximate surface area is 164 Å². The normalized spacial score (nSPS) is 35.3. The number of urea groups is 1. The van der Waals surface area contributed by atoms with Crippen molar-refractivity contribution in [1.82, 2.24) is 15.5 Å². The predicted molar refractivity (Wildman–Crippen MR) is 106 cm³/mol. The summed E-state index contributed by atoms with van der Waals surface area (Å²) in [5, 5.41) is 6.30. The van der Waals surface area contributed by atoms with Crippen molar-refractivity contribution in [3.63, 3.8) is 0 Å². The van der Waals surface area contributed by atoms with Crippen molar-refractivity contribution in [2.45, 2.75) is 102 Å². The third kappa shape index (κ3) is 4.12. The summed E-state index contributed by atoms with van der Waals surface area (Å²) in [6, 6.07) is 1.24. The van der Waals surface area contributed by atoms with Crippen LogP contribution in [0.3, 0.4) is 0 Å². The molecule has 4 atom stereocenters. The number of likely N-dealkylation sites (tertiary alicyclic amines) is 1. The van der Waals surface area contributed by atoms with Crippen LogP contribution in [0.25, 0.3) is 0 Å². The van der Waals surface area contributed by atoms with Crippen molar-refractivity contribution in [3.8, 4) is 0 Å². The smallest absolute Gasteiger partial charge is 0.315 e. The third-order valence-corrected chi connectivity index (χ3v) is 7.85. The lowest BCUT2D eigenvalue weighted by molar-refractivity contribution is -0.132. The summed E-state index contributed by atoms with van der Waals surface area (Å²) < 4.78 is 0. The molecule has 3 aliphatic carbocycles. The molecule has 0 bridgehead atoms. The van der Waals surface area contributed by atoms with Crippen LogP contribution in [0.15, 0.2) is 0 Å². The number of carbonyl (C=O) groups is 2. The van der Waals surface area contributed by atoms with Crippen LogP contribution >= 0.6 is 0 Å². The van der Waals surface area contributed by atoms with Gasteiger partial charge in [-0.05, 0) is 49.9 Å². The molecule has 3 saturated carbocycles. The van der Waals surface area contributed by atoms with E-state index >= 15 is 0 Å². The van der Waals surface area contributed by atoms with Gasteiger partial charge >= 0.3 is 6.03 Å². The summed E-state index contributed by atoms with van der Waals surface area (Å²) >= 11 is 0. The lowest BCUT2D eigenvalue weighted by Crippen LogP contribution is -2.45. The van der Waals surface area contributed by atoms with Crippen LogP contribution in [0, 0.1) is 17.8 Å². The predicted octanol–water partition coefficient (Wildman–Crippen LogP) is 3.82. The molecule has 0 unspecified atom stereocenters. The van der Waals surface area contributed by atoms with Crippen LogP contribution in [-0.2, 0) is 4.79 Å². The Hall–Kier alpha value is -1.26. The highest BCUT2D eigenvalue weighted by molar-refractivity contribution is 5.80. The minimum Gasteiger partial charge on any atom is -0.338 e. The zero-order valence-corrected chi connectivity index (χ0v) is 16.9. The van der Waals surface area contributed by atoms with E-state index in [4.69, 9.17) is 0 Å². The van der Waals surface area contributed by atoms with Gasteiger partial charge in [0, 0.05) is 31.1 Å². The topological polar surface area (TPSA) is 61.4 Å². The summed E-state index contributed by atoms with van der Waals surface area (Å²) in [6.45, 7) is 3.03. The third-order valence-electron chi connectivity index (χ3n) is 7.85. The largest absolute Gasteiger partial charge is 0.338 e. The van der Waals surface area contributed by atoms with Gasteiger partial charge in [-0.1, -0.05) is 45.4 Å². The van der Waals surface area contributed by atoms with Gasteiger partial charge in [-0.25, -0.2) is 4.79 Å². The zero-order chi connectivity index (χ0) is 18.8. The minimum atomic E-state index is -0.00832. The van der Waals surface area contributed by atoms with Gasteiger partial charge < -0.3 is 15.5 Å². The highest BCUT2D eigenvalue weighted by Crippen LogP contribution is 2.47. The Morgan fingerprint density at radius 1 is 1.04 bits per heavy atom. The van der Waals surface area contributed by atoms with E-state index in [1.54, 1.807) is 0 Å².